The highest BCUT2D eigenvalue weighted by molar-refractivity contribution is 5.88. The van der Waals surface area contributed by atoms with Crippen molar-refractivity contribution in [3.05, 3.63) is 59.4 Å². The van der Waals surface area contributed by atoms with Gasteiger partial charge in [0.05, 0.1) is 12.2 Å². The molecule has 0 bridgehead atoms. The zero-order chi connectivity index (χ0) is 15.4. The van der Waals surface area contributed by atoms with E-state index in [1.54, 1.807) is 6.92 Å². The van der Waals surface area contributed by atoms with Crippen LogP contribution in [0.15, 0.2) is 30.9 Å². The average molecular weight is 293 g/mol. The lowest BCUT2D eigenvalue weighted by molar-refractivity contribution is 0.0542. The van der Waals surface area contributed by atoms with Crippen LogP contribution in [0.25, 0.3) is 0 Å². The van der Waals surface area contributed by atoms with Crippen molar-refractivity contribution in [1.82, 2.24) is 15.0 Å². The molecule has 1 aromatic heterocycles. The Labute approximate surface area is 119 Å². The van der Waals surface area contributed by atoms with Crippen LogP contribution in [0.3, 0.4) is 0 Å². The van der Waals surface area contributed by atoms with Crippen LogP contribution in [-0.2, 0) is 11.3 Å². The van der Waals surface area contributed by atoms with E-state index >= 15 is 0 Å². The molecule has 110 valence electrons. The number of rotatable bonds is 5. The third-order valence-electron chi connectivity index (χ3n) is 2.88. The summed E-state index contributed by atoms with van der Waals surface area (Å²) in [5.74, 6) is -2.02. The highest BCUT2D eigenvalue weighted by Gasteiger charge is 2.19. The van der Waals surface area contributed by atoms with Gasteiger partial charge in [0.1, 0.15) is 18.2 Å². The van der Waals surface area contributed by atoms with Crippen molar-refractivity contribution >= 4 is 5.97 Å². The van der Waals surface area contributed by atoms with Crippen molar-refractivity contribution in [3.63, 3.8) is 0 Å². The molecular formula is C14H13F2N3O2. The Hall–Kier alpha value is -2.57. The summed E-state index contributed by atoms with van der Waals surface area (Å²) < 4.78 is 33.3. The molecule has 2 rings (SSSR count). The van der Waals surface area contributed by atoms with Crippen LogP contribution in [0.2, 0.25) is 0 Å². The van der Waals surface area contributed by atoms with E-state index in [0.29, 0.717) is 5.69 Å². The minimum absolute atomic E-state index is 0.00796. The van der Waals surface area contributed by atoms with E-state index < -0.39 is 17.6 Å². The van der Waals surface area contributed by atoms with Crippen molar-refractivity contribution in [2.24, 2.45) is 0 Å². The summed E-state index contributed by atoms with van der Waals surface area (Å²) in [6.07, 6.45) is 1.42. The number of hydrogen-bond donors (Lipinski definition) is 0. The molecule has 0 aliphatic carbocycles. The lowest BCUT2D eigenvalue weighted by atomic mass is 10.2. The van der Waals surface area contributed by atoms with Gasteiger partial charge in [0.25, 0.3) is 0 Å². The zero-order valence-electron chi connectivity index (χ0n) is 11.3. The van der Waals surface area contributed by atoms with Gasteiger partial charge in [0, 0.05) is 5.56 Å². The quantitative estimate of drug-likeness (QED) is 0.627. The monoisotopic (exact) mass is 293 g/mol. The van der Waals surface area contributed by atoms with Gasteiger partial charge in [0.15, 0.2) is 5.69 Å². The largest absolute Gasteiger partial charge is 0.457 e. The number of aromatic nitrogens is 3. The molecule has 0 amide bonds. The maximum Gasteiger partial charge on any atom is 0.361 e. The van der Waals surface area contributed by atoms with Crippen molar-refractivity contribution in [3.8, 4) is 0 Å². The van der Waals surface area contributed by atoms with Crippen LogP contribution < -0.4 is 0 Å². The van der Waals surface area contributed by atoms with Crippen LogP contribution in [0.1, 0.15) is 21.7 Å². The Morgan fingerprint density at radius 1 is 1.43 bits per heavy atom. The van der Waals surface area contributed by atoms with Gasteiger partial charge in [-0.1, -0.05) is 23.9 Å². The first-order chi connectivity index (χ1) is 10.0. The number of hydrogen-bond acceptors (Lipinski definition) is 4. The van der Waals surface area contributed by atoms with E-state index in [0.717, 1.165) is 12.1 Å². The molecule has 0 N–H and O–H groups in total. The lowest BCUT2D eigenvalue weighted by Crippen LogP contribution is -2.10. The molecule has 0 saturated carbocycles. The molecule has 2 aromatic rings. The van der Waals surface area contributed by atoms with Crippen LogP contribution in [0, 0.1) is 18.6 Å². The molecule has 0 aliphatic heterocycles. The van der Waals surface area contributed by atoms with Gasteiger partial charge < -0.3 is 4.74 Å². The summed E-state index contributed by atoms with van der Waals surface area (Å²) >= 11 is 0. The van der Waals surface area contributed by atoms with Crippen molar-refractivity contribution in [1.29, 1.82) is 0 Å². The highest BCUT2D eigenvalue weighted by atomic mass is 19.1. The highest BCUT2D eigenvalue weighted by Crippen LogP contribution is 2.15. The van der Waals surface area contributed by atoms with Crippen LogP contribution in [0.4, 0.5) is 8.78 Å². The maximum atomic E-state index is 13.6. The molecule has 21 heavy (non-hydrogen) atoms. The second-order valence-electron chi connectivity index (χ2n) is 4.27. The summed E-state index contributed by atoms with van der Waals surface area (Å²) in [7, 11) is 0. The minimum Gasteiger partial charge on any atom is -0.457 e. The molecule has 0 spiro atoms. The molecule has 0 radical (unpaired) electrons. The Morgan fingerprint density at radius 2 is 2.10 bits per heavy atom. The fourth-order valence-electron chi connectivity index (χ4n) is 1.74. The Balaban J connectivity index is 2.25. The molecular weight excluding hydrogens is 280 g/mol. The Kier molecular flexibility index (Phi) is 4.42. The summed E-state index contributed by atoms with van der Waals surface area (Å²) in [5.41, 5.74) is 0.233. The van der Waals surface area contributed by atoms with E-state index in [4.69, 9.17) is 4.74 Å². The minimum atomic E-state index is -0.680. The first kappa shape index (κ1) is 14.8. The molecule has 5 nitrogen and oxygen atoms in total. The van der Waals surface area contributed by atoms with E-state index in [2.05, 4.69) is 16.9 Å². The molecule has 1 aromatic carbocycles. The van der Waals surface area contributed by atoms with Gasteiger partial charge in [-0.3, -0.25) is 0 Å². The van der Waals surface area contributed by atoms with Gasteiger partial charge in [-0.25, -0.2) is 18.3 Å². The van der Waals surface area contributed by atoms with Crippen molar-refractivity contribution in [2.45, 2.75) is 13.5 Å². The van der Waals surface area contributed by atoms with E-state index in [1.807, 2.05) is 0 Å². The maximum absolute atomic E-state index is 13.6. The molecule has 1 heterocycles. The SMILES string of the molecule is C=CCOC(=O)c1nnn(Cc2c(F)cccc2F)c1C. The van der Waals surface area contributed by atoms with Gasteiger partial charge in [0.2, 0.25) is 0 Å². The molecule has 0 saturated heterocycles. The summed E-state index contributed by atoms with van der Waals surface area (Å²) in [6, 6.07) is 3.59. The fraction of sp³-hybridized carbons (Fsp3) is 0.214. The first-order valence-corrected chi connectivity index (χ1v) is 6.15. The zero-order valence-corrected chi connectivity index (χ0v) is 11.3. The third-order valence-corrected chi connectivity index (χ3v) is 2.88. The summed E-state index contributed by atoms with van der Waals surface area (Å²) in [6.45, 7) is 4.89. The standard InChI is InChI=1S/C14H13F2N3O2/c1-3-7-21-14(20)13-9(2)19(18-17-13)8-10-11(15)5-4-6-12(10)16/h3-6H,1,7-8H2,2H3. The smallest absolute Gasteiger partial charge is 0.361 e. The number of benzene rings is 1. The average Bonchev–Trinajstić information content (AvgIpc) is 2.82. The molecule has 7 heteroatoms. The molecule has 0 atom stereocenters. The number of halogens is 2. The number of carbonyl (C=O) groups excluding carboxylic acids is 1. The predicted molar refractivity (Wildman–Crippen MR) is 70.7 cm³/mol. The third kappa shape index (κ3) is 3.13. The number of ether oxygens (including phenoxy) is 1. The topological polar surface area (TPSA) is 57.0 Å². The number of nitrogens with zero attached hydrogens (tertiary/aromatic N) is 3. The summed E-state index contributed by atoms with van der Waals surface area (Å²) in [4.78, 5) is 11.7. The first-order valence-electron chi connectivity index (χ1n) is 6.15. The normalized spacial score (nSPS) is 10.4. The Morgan fingerprint density at radius 3 is 2.71 bits per heavy atom. The molecule has 0 aliphatic rings. The van der Waals surface area contributed by atoms with Crippen molar-refractivity contribution < 1.29 is 18.3 Å². The molecule has 0 unspecified atom stereocenters. The second kappa shape index (κ2) is 6.25. The number of carbonyl (C=O) groups is 1. The lowest BCUT2D eigenvalue weighted by Gasteiger charge is -2.06. The predicted octanol–water partition coefficient (Wildman–Crippen LogP) is 2.26. The van der Waals surface area contributed by atoms with Crippen LogP contribution in [-0.4, -0.2) is 27.6 Å². The van der Waals surface area contributed by atoms with Gasteiger partial charge in [-0.15, -0.1) is 5.10 Å². The van der Waals surface area contributed by atoms with Crippen LogP contribution >= 0.6 is 0 Å². The van der Waals surface area contributed by atoms with Crippen molar-refractivity contribution in [2.75, 3.05) is 6.61 Å². The van der Waals surface area contributed by atoms with E-state index in [1.165, 1.54) is 16.8 Å². The Bertz CT molecular complexity index is 663. The summed E-state index contributed by atoms with van der Waals surface area (Å²) in [5, 5.41) is 7.41. The van der Waals surface area contributed by atoms with E-state index in [9.17, 15) is 13.6 Å². The van der Waals surface area contributed by atoms with Gasteiger partial charge in [-0.2, -0.15) is 0 Å². The van der Waals surface area contributed by atoms with Gasteiger partial charge in [-0.05, 0) is 19.1 Å². The fourth-order valence-corrected chi connectivity index (χ4v) is 1.74. The second-order valence-corrected chi connectivity index (χ2v) is 4.27. The van der Waals surface area contributed by atoms with Gasteiger partial charge >= 0.3 is 5.97 Å². The molecule has 0 fully saturated rings. The van der Waals surface area contributed by atoms with Crippen LogP contribution in [0.5, 0.6) is 0 Å². The van der Waals surface area contributed by atoms with E-state index in [-0.39, 0.29) is 24.4 Å². The number of esters is 1.